The van der Waals surface area contributed by atoms with E-state index in [-0.39, 0.29) is 40.2 Å². The Kier molecular flexibility index (Phi) is 7.54. The van der Waals surface area contributed by atoms with E-state index in [1.54, 1.807) is 13.8 Å². The summed E-state index contributed by atoms with van der Waals surface area (Å²) in [5.41, 5.74) is -2.63. The number of rotatable bonds is 9. The molecule has 0 aromatic heterocycles. The van der Waals surface area contributed by atoms with Crippen LogP contribution in [0.15, 0.2) is 4.99 Å². The molecule has 34 heavy (non-hydrogen) atoms. The molecule has 2 heterocycles. The van der Waals surface area contributed by atoms with Crippen molar-refractivity contribution in [3.63, 3.8) is 0 Å². The smallest absolute Gasteiger partial charge is 0.340 e. The van der Waals surface area contributed by atoms with Crippen molar-refractivity contribution in [3.05, 3.63) is 0 Å². The minimum absolute atomic E-state index is 0.0302. The Hall–Kier alpha value is -1.43. The third-order valence-corrected chi connectivity index (χ3v) is 8.35. The van der Waals surface area contributed by atoms with E-state index in [2.05, 4.69) is 81.2 Å². The lowest BCUT2D eigenvalue weighted by Gasteiger charge is -2.55. The first-order valence-electron chi connectivity index (χ1n) is 12.6. The lowest BCUT2D eigenvalue weighted by atomic mass is 9.49. The number of epoxide rings is 1. The molecule has 0 spiro atoms. The van der Waals surface area contributed by atoms with Crippen molar-refractivity contribution in [1.82, 2.24) is 0 Å². The minimum Gasteiger partial charge on any atom is -0.462 e. The van der Waals surface area contributed by atoms with Crippen molar-refractivity contribution in [1.29, 1.82) is 0 Å². The van der Waals surface area contributed by atoms with Gasteiger partial charge in [0.15, 0.2) is 11.4 Å². The number of cyclic esters (lactones) is 1. The van der Waals surface area contributed by atoms with Gasteiger partial charge in [-0.15, -0.1) is 0 Å². The molecule has 0 radical (unpaired) electrons. The van der Waals surface area contributed by atoms with Gasteiger partial charge in [0, 0.05) is 5.92 Å². The molecule has 0 aromatic rings. The second kappa shape index (κ2) is 8.90. The molecule has 2 rings (SSSR count). The number of hydrogen-bond acceptors (Lipinski definition) is 6. The standard InChI is InChI=1S/C28H49NO5/c1-23(2,3)17-28(13,22(31)33-16-18-15-32-18)27(11,12)25(7,8)14-19(24(4,5)6)20-29-26(9,10)21(30)34-20/h18-19H,14-17H2,1-13H3. The molecule has 3 unspecified atom stereocenters. The number of carbonyl (C=O) groups is 2. The van der Waals surface area contributed by atoms with Crippen LogP contribution in [0.3, 0.4) is 0 Å². The molecule has 0 amide bonds. The fourth-order valence-corrected chi connectivity index (χ4v) is 5.09. The first-order chi connectivity index (χ1) is 15.0. The highest BCUT2D eigenvalue weighted by Crippen LogP contribution is 2.59. The van der Waals surface area contributed by atoms with Crippen molar-refractivity contribution in [2.24, 2.45) is 38.0 Å². The monoisotopic (exact) mass is 479 g/mol. The van der Waals surface area contributed by atoms with Gasteiger partial charge >= 0.3 is 11.9 Å². The third kappa shape index (κ3) is 6.03. The summed E-state index contributed by atoms with van der Waals surface area (Å²) in [7, 11) is 0. The Labute approximate surface area is 207 Å². The summed E-state index contributed by atoms with van der Waals surface area (Å²) in [5, 5.41) is 0. The predicted octanol–water partition coefficient (Wildman–Crippen LogP) is 6.21. The average Bonchev–Trinajstić information content (AvgIpc) is 3.40. The molecule has 196 valence electrons. The summed E-state index contributed by atoms with van der Waals surface area (Å²) in [6, 6.07) is 0. The van der Waals surface area contributed by atoms with Crippen LogP contribution in [-0.2, 0) is 23.8 Å². The Morgan fingerprint density at radius 2 is 1.59 bits per heavy atom. The zero-order valence-electron chi connectivity index (χ0n) is 24.0. The van der Waals surface area contributed by atoms with Crippen LogP contribution in [0.25, 0.3) is 0 Å². The first-order valence-corrected chi connectivity index (χ1v) is 12.6. The molecular formula is C28H49NO5. The van der Waals surface area contributed by atoms with Gasteiger partial charge in [-0.2, -0.15) is 0 Å². The Morgan fingerprint density at radius 3 is 1.97 bits per heavy atom. The molecule has 0 saturated carbocycles. The van der Waals surface area contributed by atoms with Crippen LogP contribution in [0.4, 0.5) is 0 Å². The molecule has 2 aliphatic rings. The van der Waals surface area contributed by atoms with Gasteiger partial charge in [-0.05, 0) is 55.3 Å². The Bertz CT molecular complexity index is 821. The number of nitrogens with zero attached hydrogens (tertiary/aromatic N) is 1. The first kappa shape index (κ1) is 28.8. The van der Waals surface area contributed by atoms with E-state index in [9.17, 15) is 9.59 Å². The highest BCUT2D eigenvalue weighted by molar-refractivity contribution is 6.00. The van der Waals surface area contributed by atoms with Crippen molar-refractivity contribution < 1.29 is 23.8 Å². The summed E-state index contributed by atoms with van der Waals surface area (Å²) in [6.45, 7) is 28.3. The van der Waals surface area contributed by atoms with Crippen LogP contribution in [0.5, 0.6) is 0 Å². The largest absolute Gasteiger partial charge is 0.462 e. The van der Waals surface area contributed by atoms with Gasteiger partial charge in [0.05, 0.1) is 12.0 Å². The Balaban J connectivity index is 2.45. The van der Waals surface area contributed by atoms with Gasteiger partial charge in [-0.3, -0.25) is 4.79 Å². The van der Waals surface area contributed by atoms with Gasteiger partial charge in [0.1, 0.15) is 12.7 Å². The Morgan fingerprint density at radius 1 is 1.06 bits per heavy atom. The van der Waals surface area contributed by atoms with E-state index < -0.39 is 16.4 Å². The van der Waals surface area contributed by atoms with Crippen LogP contribution in [-0.4, -0.2) is 42.7 Å². The van der Waals surface area contributed by atoms with Crippen LogP contribution in [0.1, 0.15) is 103 Å². The molecular weight excluding hydrogens is 430 g/mol. The second-order valence-electron chi connectivity index (χ2n) is 14.7. The van der Waals surface area contributed by atoms with Crippen molar-refractivity contribution in [3.8, 4) is 0 Å². The van der Waals surface area contributed by atoms with Crippen molar-refractivity contribution >= 4 is 17.8 Å². The molecule has 0 N–H and O–H groups in total. The number of ether oxygens (including phenoxy) is 3. The van der Waals surface area contributed by atoms with E-state index >= 15 is 0 Å². The topological polar surface area (TPSA) is 77.5 Å². The lowest BCUT2D eigenvalue weighted by molar-refractivity contribution is -0.175. The third-order valence-electron chi connectivity index (χ3n) is 8.35. The number of aliphatic imine (C=N–C) groups is 1. The summed E-state index contributed by atoms with van der Waals surface area (Å²) in [5.74, 6) is -0.0500. The van der Waals surface area contributed by atoms with E-state index in [4.69, 9.17) is 14.2 Å². The van der Waals surface area contributed by atoms with Gasteiger partial charge in [-0.1, -0.05) is 69.2 Å². The van der Waals surface area contributed by atoms with Crippen LogP contribution in [0.2, 0.25) is 0 Å². The maximum absolute atomic E-state index is 13.7. The molecule has 0 bridgehead atoms. The maximum Gasteiger partial charge on any atom is 0.340 e. The van der Waals surface area contributed by atoms with E-state index in [0.717, 1.165) is 0 Å². The van der Waals surface area contributed by atoms with E-state index in [1.807, 2.05) is 0 Å². The molecule has 6 heteroatoms. The number of esters is 2. The average molecular weight is 480 g/mol. The van der Waals surface area contributed by atoms with Crippen LogP contribution < -0.4 is 0 Å². The second-order valence-corrected chi connectivity index (χ2v) is 14.7. The zero-order chi connectivity index (χ0) is 26.5. The summed E-state index contributed by atoms with van der Waals surface area (Å²) < 4.78 is 16.8. The van der Waals surface area contributed by atoms with Gasteiger partial charge in [-0.25, -0.2) is 9.79 Å². The molecule has 2 aliphatic heterocycles. The molecule has 6 nitrogen and oxygen atoms in total. The number of hydrogen-bond donors (Lipinski definition) is 0. The van der Waals surface area contributed by atoms with Crippen LogP contribution in [0, 0.1) is 33.0 Å². The van der Waals surface area contributed by atoms with Crippen molar-refractivity contribution in [2.45, 2.75) is 114 Å². The highest BCUT2D eigenvalue weighted by atomic mass is 16.6. The fraction of sp³-hybridized carbons (Fsp3) is 0.893. The van der Waals surface area contributed by atoms with Gasteiger partial charge in [0.2, 0.25) is 0 Å². The normalized spacial score (nSPS) is 23.6. The molecule has 1 saturated heterocycles. The fourth-order valence-electron chi connectivity index (χ4n) is 5.09. The molecule has 3 atom stereocenters. The highest BCUT2D eigenvalue weighted by Gasteiger charge is 2.58. The molecule has 1 fully saturated rings. The zero-order valence-corrected chi connectivity index (χ0v) is 24.0. The van der Waals surface area contributed by atoms with Crippen molar-refractivity contribution in [2.75, 3.05) is 13.2 Å². The summed E-state index contributed by atoms with van der Waals surface area (Å²) in [4.78, 5) is 30.8. The minimum atomic E-state index is -0.867. The van der Waals surface area contributed by atoms with Gasteiger partial charge in [0.25, 0.3) is 0 Å². The summed E-state index contributed by atoms with van der Waals surface area (Å²) in [6.07, 6.45) is 1.43. The molecule has 0 aliphatic carbocycles. The predicted molar refractivity (Wildman–Crippen MR) is 136 cm³/mol. The number of carbonyl (C=O) groups excluding carboxylic acids is 2. The van der Waals surface area contributed by atoms with Crippen LogP contribution >= 0.6 is 0 Å². The quantitative estimate of drug-likeness (QED) is 0.290. The summed E-state index contributed by atoms with van der Waals surface area (Å²) >= 11 is 0. The maximum atomic E-state index is 13.7. The SMILES string of the molecule is CC(C)(C)CC(C)(C(=O)OCC1CO1)C(C)(C)C(C)(C)CC(C1=NC(C)(C)C(=O)O1)C(C)(C)C. The molecule has 0 aromatic carbocycles. The van der Waals surface area contributed by atoms with Gasteiger partial charge < -0.3 is 14.2 Å². The lowest BCUT2D eigenvalue weighted by Crippen LogP contribution is -2.54. The van der Waals surface area contributed by atoms with E-state index in [1.165, 1.54) is 0 Å². The van der Waals surface area contributed by atoms with E-state index in [0.29, 0.717) is 32.0 Å².